The number of halogens is 3. The molecule has 0 saturated carbocycles. The number of para-hydroxylation sites is 1. The van der Waals surface area contributed by atoms with Crippen molar-refractivity contribution in [2.24, 2.45) is 0 Å². The summed E-state index contributed by atoms with van der Waals surface area (Å²) in [5, 5.41) is 3.93. The number of alkyl halides is 2. The van der Waals surface area contributed by atoms with Crippen LogP contribution in [0.15, 0.2) is 78.9 Å². The van der Waals surface area contributed by atoms with E-state index in [1.165, 1.54) is 12.1 Å². The Labute approximate surface area is 230 Å². The first-order valence-electron chi connectivity index (χ1n) is 12.2. The van der Waals surface area contributed by atoms with Gasteiger partial charge in [-0.1, -0.05) is 35.9 Å². The van der Waals surface area contributed by atoms with E-state index in [1.807, 2.05) is 41.8 Å². The van der Waals surface area contributed by atoms with E-state index in [0.29, 0.717) is 39.8 Å². The summed E-state index contributed by atoms with van der Waals surface area (Å²) < 4.78 is 36.5. The van der Waals surface area contributed by atoms with Crippen molar-refractivity contribution in [2.45, 2.75) is 26.9 Å². The zero-order chi connectivity index (χ0) is 27.9. The molecule has 0 bridgehead atoms. The van der Waals surface area contributed by atoms with Gasteiger partial charge in [-0.3, -0.25) is 4.79 Å². The predicted octanol–water partition coefficient (Wildman–Crippen LogP) is 7.04. The first-order chi connectivity index (χ1) is 18.7. The molecule has 39 heavy (non-hydrogen) atoms. The highest BCUT2D eigenvalue weighted by molar-refractivity contribution is 6.30. The Balaban J connectivity index is 1.39. The van der Waals surface area contributed by atoms with Crippen molar-refractivity contribution >= 4 is 29.0 Å². The molecule has 1 heterocycles. The SMILES string of the molecule is Cc1cc(C(=O)COC(=O)c2ccccc2NCCc2ccc(Cl)cc2)c(C)n1-c1ccc(OC(F)F)cc1. The van der Waals surface area contributed by atoms with Crippen LogP contribution < -0.4 is 10.1 Å². The molecule has 4 rings (SSSR count). The lowest BCUT2D eigenvalue weighted by atomic mass is 10.1. The number of nitrogens with zero attached hydrogens (tertiary/aromatic N) is 1. The highest BCUT2D eigenvalue weighted by Crippen LogP contribution is 2.24. The second-order valence-electron chi connectivity index (χ2n) is 8.84. The van der Waals surface area contributed by atoms with E-state index in [1.54, 1.807) is 43.3 Å². The van der Waals surface area contributed by atoms with Crippen LogP contribution in [0.3, 0.4) is 0 Å². The smallest absolute Gasteiger partial charge is 0.387 e. The fourth-order valence-corrected chi connectivity index (χ4v) is 4.44. The van der Waals surface area contributed by atoms with E-state index in [0.717, 1.165) is 17.7 Å². The standard InChI is InChI=1S/C30H27ClF2N2O4/c1-19-17-26(20(2)35(19)23-11-13-24(14-12-23)39-30(32)33)28(36)18-38-29(37)25-5-3-4-6-27(25)34-16-15-21-7-9-22(31)10-8-21/h3-14,17,30,34H,15-16,18H2,1-2H3. The summed E-state index contributed by atoms with van der Waals surface area (Å²) in [7, 11) is 0. The second kappa shape index (κ2) is 12.6. The summed E-state index contributed by atoms with van der Waals surface area (Å²) in [5.41, 5.74) is 4.54. The van der Waals surface area contributed by atoms with Crippen molar-refractivity contribution in [3.05, 3.63) is 112 Å². The first-order valence-corrected chi connectivity index (χ1v) is 12.6. The van der Waals surface area contributed by atoms with Gasteiger partial charge < -0.3 is 19.4 Å². The van der Waals surface area contributed by atoms with Gasteiger partial charge in [-0.2, -0.15) is 8.78 Å². The molecule has 0 spiro atoms. The van der Waals surface area contributed by atoms with E-state index in [4.69, 9.17) is 16.3 Å². The van der Waals surface area contributed by atoms with Crippen LogP contribution in [0.25, 0.3) is 5.69 Å². The highest BCUT2D eigenvalue weighted by atomic mass is 35.5. The fourth-order valence-electron chi connectivity index (χ4n) is 4.31. The van der Waals surface area contributed by atoms with E-state index >= 15 is 0 Å². The number of carbonyl (C=O) groups is 2. The molecule has 0 unspecified atom stereocenters. The molecule has 0 amide bonds. The molecule has 0 aliphatic carbocycles. The third-order valence-corrected chi connectivity index (χ3v) is 6.43. The lowest BCUT2D eigenvalue weighted by Crippen LogP contribution is -2.17. The quantitative estimate of drug-likeness (QED) is 0.160. The number of aryl methyl sites for hydroxylation is 1. The van der Waals surface area contributed by atoms with Gasteiger partial charge in [0.2, 0.25) is 5.78 Å². The normalized spacial score (nSPS) is 10.9. The summed E-state index contributed by atoms with van der Waals surface area (Å²) in [6.07, 6.45) is 0.733. The zero-order valence-electron chi connectivity index (χ0n) is 21.4. The number of nitrogens with one attached hydrogen (secondary N) is 1. The minimum absolute atomic E-state index is 0.0409. The van der Waals surface area contributed by atoms with Gasteiger partial charge in [0, 0.05) is 39.9 Å². The Morgan fingerprint density at radius 3 is 2.33 bits per heavy atom. The van der Waals surface area contributed by atoms with Crippen molar-refractivity contribution in [2.75, 3.05) is 18.5 Å². The maximum absolute atomic E-state index is 13.0. The molecular weight excluding hydrogens is 526 g/mol. The van der Waals surface area contributed by atoms with Gasteiger partial charge in [0.05, 0.1) is 5.56 Å². The second-order valence-corrected chi connectivity index (χ2v) is 9.28. The van der Waals surface area contributed by atoms with Crippen LogP contribution in [0, 0.1) is 13.8 Å². The van der Waals surface area contributed by atoms with Crippen molar-refractivity contribution in [3.63, 3.8) is 0 Å². The van der Waals surface area contributed by atoms with Gasteiger partial charge >= 0.3 is 12.6 Å². The predicted molar refractivity (Wildman–Crippen MR) is 147 cm³/mol. The molecule has 3 aromatic carbocycles. The molecule has 202 valence electrons. The van der Waals surface area contributed by atoms with Crippen molar-refractivity contribution in [1.82, 2.24) is 4.57 Å². The highest BCUT2D eigenvalue weighted by Gasteiger charge is 2.20. The van der Waals surface area contributed by atoms with Crippen molar-refractivity contribution in [3.8, 4) is 11.4 Å². The van der Waals surface area contributed by atoms with Crippen LogP contribution in [-0.4, -0.2) is 36.1 Å². The van der Waals surface area contributed by atoms with E-state index in [2.05, 4.69) is 10.1 Å². The fraction of sp³-hybridized carbons (Fsp3) is 0.200. The van der Waals surface area contributed by atoms with E-state index in [-0.39, 0.29) is 11.5 Å². The number of Topliss-reactive ketones (excluding diaryl/α,β-unsaturated/α-hetero) is 1. The van der Waals surface area contributed by atoms with Crippen LogP contribution in [0.4, 0.5) is 14.5 Å². The van der Waals surface area contributed by atoms with Crippen LogP contribution >= 0.6 is 11.6 Å². The number of ketones is 1. The maximum Gasteiger partial charge on any atom is 0.387 e. The molecule has 9 heteroatoms. The third-order valence-electron chi connectivity index (χ3n) is 6.18. The summed E-state index contributed by atoms with van der Waals surface area (Å²) >= 11 is 5.94. The number of carbonyl (C=O) groups excluding carboxylic acids is 2. The summed E-state index contributed by atoms with van der Waals surface area (Å²) in [4.78, 5) is 25.9. The number of ether oxygens (including phenoxy) is 2. The average molecular weight is 553 g/mol. The molecule has 0 aliphatic rings. The topological polar surface area (TPSA) is 69.6 Å². The maximum atomic E-state index is 13.0. The number of hydrogen-bond donors (Lipinski definition) is 1. The molecule has 0 fully saturated rings. The lowest BCUT2D eigenvalue weighted by Gasteiger charge is -2.12. The number of aromatic nitrogens is 1. The Kier molecular flexibility index (Phi) is 8.99. The molecule has 4 aromatic rings. The Hall–Kier alpha value is -4.17. The largest absolute Gasteiger partial charge is 0.454 e. The Morgan fingerprint density at radius 2 is 1.64 bits per heavy atom. The van der Waals surface area contributed by atoms with Crippen LogP contribution in [-0.2, 0) is 11.2 Å². The summed E-state index contributed by atoms with van der Waals surface area (Å²) in [6, 6.07) is 22.4. The molecule has 1 aromatic heterocycles. The number of anilines is 1. The molecule has 1 N–H and O–H groups in total. The van der Waals surface area contributed by atoms with Gasteiger partial charge in [-0.25, -0.2) is 4.79 Å². The van der Waals surface area contributed by atoms with Crippen LogP contribution in [0.2, 0.25) is 5.02 Å². The lowest BCUT2D eigenvalue weighted by molar-refractivity contribution is -0.0498. The van der Waals surface area contributed by atoms with Crippen molar-refractivity contribution in [1.29, 1.82) is 0 Å². The molecular formula is C30H27ClF2N2O4. The number of hydrogen-bond acceptors (Lipinski definition) is 5. The van der Waals surface area contributed by atoms with Gasteiger partial charge in [-0.05, 0) is 80.4 Å². The zero-order valence-corrected chi connectivity index (χ0v) is 22.2. The molecule has 6 nitrogen and oxygen atoms in total. The number of esters is 1. The van der Waals surface area contributed by atoms with Crippen LogP contribution in [0.1, 0.15) is 37.7 Å². The Bertz CT molecular complexity index is 1450. The molecule has 0 atom stereocenters. The van der Waals surface area contributed by atoms with Gasteiger partial charge in [0.15, 0.2) is 6.61 Å². The Morgan fingerprint density at radius 1 is 0.949 bits per heavy atom. The van der Waals surface area contributed by atoms with Crippen molar-refractivity contribution < 1.29 is 27.8 Å². The van der Waals surface area contributed by atoms with E-state index in [9.17, 15) is 18.4 Å². The number of benzene rings is 3. The first kappa shape index (κ1) is 27.9. The summed E-state index contributed by atoms with van der Waals surface area (Å²) in [5.74, 6) is -0.922. The number of rotatable bonds is 11. The third kappa shape index (κ3) is 7.03. The van der Waals surface area contributed by atoms with Gasteiger partial charge in [-0.15, -0.1) is 0 Å². The molecule has 0 radical (unpaired) electrons. The van der Waals surface area contributed by atoms with Crippen LogP contribution in [0.5, 0.6) is 5.75 Å². The van der Waals surface area contributed by atoms with Gasteiger partial charge in [0.25, 0.3) is 0 Å². The average Bonchev–Trinajstić information content (AvgIpc) is 3.22. The van der Waals surface area contributed by atoms with Gasteiger partial charge in [0.1, 0.15) is 5.75 Å². The minimum atomic E-state index is -2.91. The molecule has 0 aliphatic heterocycles. The monoisotopic (exact) mass is 552 g/mol. The molecule has 0 saturated heterocycles. The van der Waals surface area contributed by atoms with E-state index < -0.39 is 19.2 Å². The summed E-state index contributed by atoms with van der Waals surface area (Å²) in [6.45, 7) is 0.849. The minimum Gasteiger partial charge on any atom is -0.454 e.